The minimum absolute atomic E-state index is 0.0386. The molecule has 0 unspecified atom stereocenters. The van der Waals surface area contributed by atoms with Gasteiger partial charge in [-0.25, -0.2) is 17.8 Å². The highest BCUT2D eigenvalue weighted by molar-refractivity contribution is 7.92. The topological polar surface area (TPSA) is 80.3 Å². The molecule has 1 aromatic heterocycles. The van der Waals surface area contributed by atoms with Crippen molar-refractivity contribution in [2.24, 2.45) is 5.92 Å². The number of halogens is 2. The third-order valence-electron chi connectivity index (χ3n) is 6.74. The number of aromatic nitrogens is 1. The summed E-state index contributed by atoms with van der Waals surface area (Å²) in [6, 6.07) is 8.48. The fourth-order valence-electron chi connectivity index (χ4n) is 4.72. The van der Waals surface area contributed by atoms with Gasteiger partial charge in [-0.1, -0.05) is 42.2 Å². The summed E-state index contributed by atoms with van der Waals surface area (Å²) in [4.78, 5) is 5.57. The number of hydrogen-bond acceptors (Lipinski definition) is 6. The van der Waals surface area contributed by atoms with Crippen molar-refractivity contribution in [3.63, 3.8) is 0 Å². The second-order valence-electron chi connectivity index (χ2n) is 9.71. The van der Waals surface area contributed by atoms with Crippen molar-refractivity contribution >= 4 is 43.8 Å². The summed E-state index contributed by atoms with van der Waals surface area (Å²) in [5, 5.41) is 4.41. The Morgan fingerprint density at radius 1 is 1.14 bits per heavy atom. The van der Waals surface area contributed by atoms with Crippen LogP contribution < -0.4 is 14.8 Å². The molecule has 4 rings (SSSR count). The quantitative estimate of drug-likeness (QED) is 0.303. The molecule has 10 heteroatoms. The van der Waals surface area contributed by atoms with Gasteiger partial charge in [-0.05, 0) is 81.5 Å². The first-order chi connectivity index (χ1) is 17.0. The third kappa shape index (κ3) is 5.79. The normalized spacial score (nSPS) is 15.1. The van der Waals surface area contributed by atoms with Crippen LogP contribution >= 0.6 is 22.9 Å². The molecular formula is C26H31ClFN3O3S2. The summed E-state index contributed by atoms with van der Waals surface area (Å²) in [6.07, 6.45) is 6.25. The molecule has 0 aliphatic heterocycles. The number of rotatable bonds is 8. The molecule has 36 heavy (non-hydrogen) atoms. The van der Waals surface area contributed by atoms with Gasteiger partial charge in [0.05, 0.1) is 28.4 Å². The highest BCUT2D eigenvalue weighted by atomic mass is 35.5. The summed E-state index contributed by atoms with van der Waals surface area (Å²) in [6.45, 7) is 6.37. The van der Waals surface area contributed by atoms with Gasteiger partial charge in [0.1, 0.15) is 16.5 Å². The van der Waals surface area contributed by atoms with E-state index in [9.17, 15) is 12.8 Å². The predicted octanol–water partition coefficient (Wildman–Crippen LogP) is 7.49. The lowest BCUT2D eigenvalue weighted by Gasteiger charge is -2.37. The van der Waals surface area contributed by atoms with Crippen molar-refractivity contribution in [1.29, 1.82) is 0 Å². The second-order valence-corrected chi connectivity index (χ2v) is 12.8. The Hall–Kier alpha value is -2.36. The third-order valence-corrected chi connectivity index (χ3v) is 9.56. The summed E-state index contributed by atoms with van der Waals surface area (Å²) >= 11 is 7.55. The lowest BCUT2D eigenvalue weighted by Crippen LogP contribution is -2.40. The van der Waals surface area contributed by atoms with E-state index in [0.717, 1.165) is 27.8 Å². The van der Waals surface area contributed by atoms with Crippen LogP contribution in [0.2, 0.25) is 5.02 Å². The molecule has 2 aromatic carbocycles. The first-order valence-corrected chi connectivity index (χ1v) is 14.6. The summed E-state index contributed by atoms with van der Waals surface area (Å²) in [7, 11) is -2.68. The predicted molar refractivity (Wildman–Crippen MR) is 145 cm³/mol. The van der Waals surface area contributed by atoms with Crippen LogP contribution in [0.3, 0.4) is 0 Å². The zero-order chi connectivity index (χ0) is 26.1. The van der Waals surface area contributed by atoms with Gasteiger partial charge in [-0.15, -0.1) is 0 Å². The van der Waals surface area contributed by atoms with Gasteiger partial charge in [0.2, 0.25) is 0 Å². The van der Waals surface area contributed by atoms with Crippen LogP contribution in [-0.4, -0.2) is 26.1 Å². The molecule has 0 spiro atoms. The number of methoxy groups -OCH3 is 1. The van der Waals surface area contributed by atoms with Gasteiger partial charge in [0, 0.05) is 5.54 Å². The Labute approximate surface area is 221 Å². The number of anilines is 2. The highest BCUT2D eigenvalue weighted by Crippen LogP contribution is 2.40. The molecule has 2 N–H and O–H groups in total. The zero-order valence-electron chi connectivity index (χ0n) is 20.8. The highest BCUT2D eigenvalue weighted by Gasteiger charge is 2.31. The summed E-state index contributed by atoms with van der Waals surface area (Å²) < 4.78 is 47.8. The molecule has 0 saturated heterocycles. The number of nitrogens with zero attached hydrogens (tertiary/aromatic N) is 1. The van der Waals surface area contributed by atoms with Gasteiger partial charge < -0.3 is 10.1 Å². The minimum Gasteiger partial charge on any atom is -0.495 e. The maximum atomic E-state index is 13.4. The lowest BCUT2D eigenvalue weighted by molar-refractivity contribution is 0.258. The molecule has 1 heterocycles. The second kappa shape index (κ2) is 10.6. The smallest absolute Gasteiger partial charge is 0.265 e. The Balaban J connectivity index is 1.64. The van der Waals surface area contributed by atoms with Crippen molar-refractivity contribution in [3.8, 4) is 16.2 Å². The minimum atomic E-state index is -4.08. The van der Waals surface area contributed by atoms with Crippen LogP contribution in [0.1, 0.15) is 51.6 Å². The van der Waals surface area contributed by atoms with Crippen LogP contribution in [0.15, 0.2) is 41.3 Å². The first-order valence-electron chi connectivity index (χ1n) is 11.9. The van der Waals surface area contributed by atoms with Crippen molar-refractivity contribution < 1.29 is 17.5 Å². The van der Waals surface area contributed by atoms with E-state index in [1.165, 1.54) is 56.6 Å². The molecule has 0 radical (unpaired) electrons. The Bertz CT molecular complexity index is 1350. The molecule has 1 fully saturated rings. The molecule has 0 amide bonds. The van der Waals surface area contributed by atoms with E-state index in [1.807, 2.05) is 13.0 Å². The van der Waals surface area contributed by atoms with Crippen LogP contribution in [0.4, 0.5) is 15.2 Å². The SMILES string of the molecule is COc1ccc(-c2sc(NC(C)(C)C3CCCCC3)nc2C)cc1S(=O)(=O)Nc1ccc(F)cc1Cl. The van der Waals surface area contributed by atoms with E-state index in [0.29, 0.717) is 11.5 Å². The van der Waals surface area contributed by atoms with Crippen molar-refractivity contribution in [3.05, 3.63) is 52.9 Å². The summed E-state index contributed by atoms with van der Waals surface area (Å²) in [5.41, 5.74) is 1.51. The van der Waals surface area contributed by atoms with Gasteiger partial charge in [0.15, 0.2) is 5.13 Å². The number of hydrogen-bond donors (Lipinski definition) is 2. The van der Waals surface area contributed by atoms with Gasteiger partial charge in [-0.2, -0.15) is 0 Å². The van der Waals surface area contributed by atoms with Crippen LogP contribution in [0.25, 0.3) is 10.4 Å². The Morgan fingerprint density at radius 3 is 2.53 bits per heavy atom. The average Bonchev–Trinajstić information content (AvgIpc) is 3.20. The maximum Gasteiger partial charge on any atom is 0.265 e. The van der Waals surface area contributed by atoms with Crippen LogP contribution in [0, 0.1) is 18.7 Å². The molecule has 3 aromatic rings. The summed E-state index contributed by atoms with van der Waals surface area (Å²) in [5.74, 6) is 0.212. The fourth-order valence-corrected chi connectivity index (χ4v) is 7.39. The fraction of sp³-hybridized carbons (Fsp3) is 0.423. The van der Waals surface area contributed by atoms with Crippen LogP contribution in [0.5, 0.6) is 5.75 Å². The number of benzene rings is 2. The van der Waals surface area contributed by atoms with Crippen molar-refractivity contribution in [2.45, 2.75) is 63.3 Å². The van der Waals surface area contributed by atoms with E-state index < -0.39 is 15.8 Å². The number of thiazole rings is 1. The van der Waals surface area contributed by atoms with E-state index in [4.69, 9.17) is 21.3 Å². The molecule has 6 nitrogen and oxygen atoms in total. The number of ether oxygens (including phenoxy) is 1. The molecule has 0 atom stereocenters. The largest absolute Gasteiger partial charge is 0.495 e. The van der Waals surface area contributed by atoms with Crippen molar-refractivity contribution in [2.75, 3.05) is 17.1 Å². The number of nitrogens with one attached hydrogen (secondary N) is 2. The van der Waals surface area contributed by atoms with Gasteiger partial charge in [0.25, 0.3) is 10.0 Å². The van der Waals surface area contributed by atoms with E-state index in [1.54, 1.807) is 12.1 Å². The Morgan fingerprint density at radius 2 is 1.86 bits per heavy atom. The molecule has 1 aliphatic rings. The standard InChI is InChI=1S/C26H31ClFN3O3S2/c1-16-24(35-25(29-16)30-26(2,3)18-8-6-5-7-9-18)17-10-13-22(34-4)23(14-17)36(32,33)31-21-12-11-19(28)15-20(21)27/h10-15,18,31H,5-9H2,1-4H3,(H,29,30). The Kier molecular flexibility index (Phi) is 7.83. The average molecular weight is 552 g/mol. The number of sulfonamides is 1. The van der Waals surface area contributed by atoms with Gasteiger partial charge in [-0.3, -0.25) is 4.72 Å². The first kappa shape index (κ1) is 26.7. The molecule has 1 aliphatic carbocycles. The molecular weight excluding hydrogens is 521 g/mol. The molecule has 194 valence electrons. The lowest BCUT2D eigenvalue weighted by atomic mass is 9.77. The van der Waals surface area contributed by atoms with Crippen LogP contribution in [-0.2, 0) is 10.0 Å². The molecule has 1 saturated carbocycles. The van der Waals surface area contributed by atoms with E-state index >= 15 is 0 Å². The number of aryl methyl sites for hydroxylation is 1. The van der Waals surface area contributed by atoms with Gasteiger partial charge >= 0.3 is 0 Å². The monoisotopic (exact) mass is 551 g/mol. The maximum absolute atomic E-state index is 13.4. The van der Waals surface area contributed by atoms with E-state index in [2.05, 4.69) is 23.9 Å². The molecule has 0 bridgehead atoms. The van der Waals surface area contributed by atoms with Crippen molar-refractivity contribution in [1.82, 2.24) is 4.98 Å². The zero-order valence-corrected chi connectivity index (χ0v) is 23.2. The van der Waals surface area contributed by atoms with E-state index in [-0.39, 0.29) is 26.9 Å².